The molecule has 0 amide bonds. The summed E-state index contributed by atoms with van der Waals surface area (Å²) in [5.41, 5.74) is 9.52. The van der Waals surface area contributed by atoms with E-state index in [1.165, 1.54) is 29.8 Å². The minimum absolute atomic E-state index is 0.200. The van der Waals surface area contributed by atoms with Crippen molar-refractivity contribution >= 4 is 5.82 Å². The van der Waals surface area contributed by atoms with E-state index in [1.54, 1.807) is 6.33 Å². The van der Waals surface area contributed by atoms with E-state index in [9.17, 15) is 4.39 Å². The highest BCUT2D eigenvalue weighted by atomic mass is 19.1. The maximum atomic E-state index is 13.2. The first-order chi connectivity index (χ1) is 13.7. The summed E-state index contributed by atoms with van der Waals surface area (Å²) in [6.07, 6.45) is 3.95. The first-order valence-electron chi connectivity index (χ1n) is 10.2. The van der Waals surface area contributed by atoms with Crippen molar-refractivity contribution in [3.8, 4) is 0 Å². The summed E-state index contributed by atoms with van der Waals surface area (Å²) in [5, 5.41) is 4.66. The van der Waals surface area contributed by atoms with E-state index < -0.39 is 0 Å². The van der Waals surface area contributed by atoms with E-state index in [0.717, 1.165) is 57.1 Å². The van der Waals surface area contributed by atoms with Gasteiger partial charge in [-0.15, -0.1) is 0 Å². The minimum atomic E-state index is -0.200. The number of aromatic nitrogens is 2. The van der Waals surface area contributed by atoms with Crippen LogP contribution in [0.15, 0.2) is 30.6 Å². The highest BCUT2D eigenvalue weighted by Crippen LogP contribution is 2.37. The number of aryl methyl sites for hydroxylation is 1. The fourth-order valence-electron chi connectivity index (χ4n) is 4.34. The van der Waals surface area contributed by atoms with Crippen molar-refractivity contribution in [1.29, 1.82) is 0 Å². The molecule has 2 heterocycles. The van der Waals surface area contributed by atoms with E-state index in [1.807, 2.05) is 12.1 Å². The molecule has 1 atom stereocenters. The molecule has 0 bridgehead atoms. The van der Waals surface area contributed by atoms with Crippen LogP contribution in [0.2, 0.25) is 0 Å². The Morgan fingerprint density at radius 1 is 1.14 bits per heavy atom. The van der Waals surface area contributed by atoms with Gasteiger partial charge in [0.2, 0.25) is 0 Å². The second kappa shape index (κ2) is 8.51. The summed E-state index contributed by atoms with van der Waals surface area (Å²) in [7, 11) is 0. The molecule has 1 fully saturated rings. The minimum Gasteiger partial charge on any atom is -0.354 e. The summed E-state index contributed by atoms with van der Waals surface area (Å²) in [4.78, 5) is 11.5. The van der Waals surface area contributed by atoms with Crippen LogP contribution in [0.1, 0.15) is 36.1 Å². The molecule has 1 aromatic heterocycles. The Morgan fingerprint density at radius 2 is 1.89 bits per heavy atom. The first-order valence-corrected chi connectivity index (χ1v) is 10.2. The lowest BCUT2D eigenvalue weighted by Crippen LogP contribution is -2.54. The van der Waals surface area contributed by atoms with Crippen molar-refractivity contribution < 1.29 is 4.39 Å². The monoisotopic (exact) mass is 384 g/mol. The van der Waals surface area contributed by atoms with Crippen LogP contribution < -0.4 is 10.6 Å². The third-order valence-corrected chi connectivity index (χ3v) is 5.87. The van der Waals surface area contributed by atoms with Crippen molar-refractivity contribution in [2.45, 2.75) is 32.2 Å². The number of nitrogens with zero attached hydrogens (tertiary/aromatic N) is 5. The molecule has 1 aliphatic heterocycles. The molecule has 4 rings (SSSR count). The first kappa shape index (κ1) is 19.2. The van der Waals surface area contributed by atoms with Gasteiger partial charge in [0.05, 0.1) is 0 Å². The highest BCUT2D eigenvalue weighted by molar-refractivity contribution is 5.52. The number of hydrazine groups is 1. The lowest BCUT2D eigenvalue weighted by molar-refractivity contribution is -0.0347. The summed E-state index contributed by atoms with van der Waals surface area (Å²) in [6, 6.07) is 6.73. The molecule has 1 saturated heterocycles. The van der Waals surface area contributed by atoms with Crippen molar-refractivity contribution in [2.24, 2.45) is 5.73 Å². The molecule has 1 aliphatic carbocycles. The van der Waals surface area contributed by atoms with Crippen molar-refractivity contribution in [3.63, 3.8) is 0 Å². The van der Waals surface area contributed by atoms with Crippen LogP contribution in [-0.4, -0.2) is 59.3 Å². The number of hydrogen-bond donors (Lipinski definition) is 1. The van der Waals surface area contributed by atoms with Crippen LogP contribution in [0.4, 0.5) is 10.2 Å². The lowest BCUT2D eigenvalue weighted by Gasteiger charge is -2.42. The summed E-state index contributed by atoms with van der Waals surface area (Å²) in [6.45, 7) is 8.12. The second-order valence-corrected chi connectivity index (χ2v) is 7.74. The molecule has 2 N–H and O–H groups in total. The number of benzene rings is 1. The Morgan fingerprint density at radius 3 is 2.61 bits per heavy atom. The van der Waals surface area contributed by atoms with Crippen molar-refractivity contribution in [3.05, 3.63) is 53.2 Å². The van der Waals surface area contributed by atoms with Crippen LogP contribution in [0.3, 0.4) is 0 Å². The molecular weight excluding hydrogens is 355 g/mol. The molecular formula is C21H29FN6. The van der Waals surface area contributed by atoms with E-state index in [2.05, 4.69) is 31.8 Å². The van der Waals surface area contributed by atoms with E-state index in [0.29, 0.717) is 12.5 Å². The van der Waals surface area contributed by atoms with Crippen molar-refractivity contribution in [1.82, 2.24) is 20.0 Å². The van der Waals surface area contributed by atoms with Crippen LogP contribution in [0.25, 0.3) is 0 Å². The molecule has 2 aliphatic rings. The lowest BCUT2D eigenvalue weighted by atomic mass is 10.1. The molecule has 0 spiro atoms. The average Bonchev–Trinajstić information content (AvgIpc) is 3.11. The quantitative estimate of drug-likeness (QED) is 0.824. The van der Waals surface area contributed by atoms with Crippen LogP contribution >= 0.6 is 0 Å². The fraction of sp³-hybridized carbons (Fsp3) is 0.524. The zero-order valence-corrected chi connectivity index (χ0v) is 16.5. The third kappa shape index (κ3) is 4.01. The Hall–Kier alpha value is -2.09. The Kier molecular flexibility index (Phi) is 5.85. The Bertz CT molecular complexity index is 788. The number of halogens is 1. The third-order valence-electron chi connectivity index (χ3n) is 5.87. The molecule has 28 heavy (non-hydrogen) atoms. The van der Waals surface area contributed by atoms with Gasteiger partial charge in [0.15, 0.2) is 0 Å². The Labute approximate surface area is 166 Å². The Balaban J connectivity index is 1.42. The predicted molar refractivity (Wildman–Crippen MR) is 108 cm³/mol. The maximum Gasteiger partial charge on any atom is 0.135 e. The van der Waals surface area contributed by atoms with Gasteiger partial charge in [0, 0.05) is 57.1 Å². The molecule has 0 radical (unpaired) electrons. The van der Waals surface area contributed by atoms with Gasteiger partial charge in [-0.05, 0) is 36.5 Å². The fourth-order valence-corrected chi connectivity index (χ4v) is 4.34. The summed E-state index contributed by atoms with van der Waals surface area (Å²) >= 11 is 0. The van der Waals surface area contributed by atoms with E-state index in [4.69, 9.17) is 5.73 Å². The second-order valence-electron chi connectivity index (χ2n) is 7.74. The zero-order chi connectivity index (χ0) is 19.5. The average molecular weight is 385 g/mol. The van der Waals surface area contributed by atoms with E-state index in [-0.39, 0.29) is 5.82 Å². The smallest absolute Gasteiger partial charge is 0.135 e. The normalized spacial score (nSPS) is 20.0. The SMILES string of the molecule is CC1CCc2ncnc(N3CCN(N(CCN)Cc4ccc(F)cc4)CC3)c21. The number of rotatable bonds is 6. The number of fused-ring (bicyclic) bond motifs is 1. The van der Waals surface area contributed by atoms with Gasteiger partial charge in [-0.1, -0.05) is 19.1 Å². The van der Waals surface area contributed by atoms with Gasteiger partial charge in [-0.3, -0.25) is 0 Å². The topological polar surface area (TPSA) is 61.5 Å². The maximum absolute atomic E-state index is 13.2. The molecule has 1 unspecified atom stereocenters. The number of nitrogens with two attached hydrogens (primary N) is 1. The van der Waals surface area contributed by atoms with Gasteiger partial charge in [0.25, 0.3) is 0 Å². The van der Waals surface area contributed by atoms with Gasteiger partial charge in [-0.25, -0.2) is 24.4 Å². The van der Waals surface area contributed by atoms with E-state index >= 15 is 0 Å². The van der Waals surface area contributed by atoms with Crippen LogP contribution in [-0.2, 0) is 13.0 Å². The zero-order valence-electron chi connectivity index (χ0n) is 16.5. The molecule has 7 heteroatoms. The van der Waals surface area contributed by atoms with Gasteiger partial charge < -0.3 is 10.6 Å². The highest BCUT2D eigenvalue weighted by Gasteiger charge is 2.29. The van der Waals surface area contributed by atoms with Crippen LogP contribution in [0.5, 0.6) is 0 Å². The molecule has 2 aromatic rings. The van der Waals surface area contributed by atoms with Gasteiger partial charge >= 0.3 is 0 Å². The molecule has 150 valence electrons. The van der Waals surface area contributed by atoms with Crippen molar-refractivity contribution in [2.75, 3.05) is 44.2 Å². The molecule has 6 nitrogen and oxygen atoms in total. The van der Waals surface area contributed by atoms with Gasteiger partial charge in [-0.2, -0.15) is 0 Å². The van der Waals surface area contributed by atoms with Gasteiger partial charge in [0.1, 0.15) is 18.0 Å². The molecule has 1 aromatic carbocycles. The summed E-state index contributed by atoms with van der Waals surface area (Å²) in [5.74, 6) is 1.46. The summed E-state index contributed by atoms with van der Waals surface area (Å²) < 4.78 is 13.2. The van der Waals surface area contributed by atoms with Crippen LogP contribution in [0, 0.1) is 5.82 Å². The largest absolute Gasteiger partial charge is 0.354 e. The number of hydrogen-bond acceptors (Lipinski definition) is 6. The number of piperazine rings is 1. The molecule has 0 saturated carbocycles. The number of anilines is 1. The standard InChI is InChI=1S/C21H29FN6/c1-16-2-7-19-20(16)21(25-15-24-19)26-10-12-27(13-11-26)28(9-8-23)14-17-3-5-18(22)6-4-17/h3-6,15-16H,2,7-14,23H2,1H3. The predicted octanol–water partition coefficient (Wildman–Crippen LogP) is 2.16.